The lowest BCUT2D eigenvalue weighted by molar-refractivity contribution is -0.127. The summed E-state index contributed by atoms with van der Waals surface area (Å²) in [6.45, 7) is 8.93. The fraction of sp³-hybridized carbons (Fsp3) is 0.400. The van der Waals surface area contributed by atoms with Crippen LogP contribution in [0.5, 0.6) is 0 Å². The first-order valence-electron chi connectivity index (χ1n) is 13.9. The van der Waals surface area contributed by atoms with Crippen molar-refractivity contribution >= 4 is 34.8 Å². The number of aryl methyl sites for hydroxylation is 2. The summed E-state index contributed by atoms with van der Waals surface area (Å²) in [6, 6.07) is 13.8. The number of hydrogen-bond donors (Lipinski definition) is 2. The quantitative estimate of drug-likeness (QED) is 0.396. The molecule has 0 aliphatic carbocycles. The minimum absolute atomic E-state index is 0.185. The first-order valence-corrected chi connectivity index (χ1v) is 13.9. The van der Waals surface area contributed by atoms with E-state index in [1.165, 1.54) is 17.4 Å². The molecule has 1 aromatic heterocycles. The lowest BCUT2D eigenvalue weighted by atomic mass is 10.1. The van der Waals surface area contributed by atoms with E-state index in [4.69, 9.17) is 4.52 Å². The number of hydrogen-bond acceptors (Lipinski definition) is 7. The fourth-order valence-electron chi connectivity index (χ4n) is 5.38. The SMILES string of the molecule is Cc1ccccc1N1CCN(c2ccc(C(=O)NCCCN3CCCC3=O)cc2NC(=O)c2cnoc2C)CC1. The highest BCUT2D eigenvalue weighted by atomic mass is 16.5. The van der Waals surface area contributed by atoms with Crippen LogP contribution in [0, 0.1) is 13.8 Å². The van der Waals surface area contributed by atoms with E-state index in [0.29, 0.717) is 48.5 Å². The van der Waals surface area contributed by atoms with Crippen molar-refractivity contribution in [3.8, 4) is 0 Å². The molecule has 0 atom stereocenters. The van der Waals surface area contributed by atoms with Gasteiger partial charge in [-0.3, -0.25) is 14.4 Å². The van der Waals surface area contributed by atoms with E-state index in [-0.39, 0.29) is 17.7 Å². The molecule has 0 unspecified atom stereocenters. The number of benzene rings is 2. The molecule has 3 aromatic rings. The Morgan fingerprint density at radius 3 is 2.38 bits per heavy atom. The third-order valence-electron chi connectivity index (χ3n) is 7.64. The van der Waals surface area contributed by atoms with Crippen molar-refractivity contribution in [1.29, 1.82) is 0 Å². The number of nitrogens with one attached hydrogen (secondary N) is 2. The van der Waals surface area contributed by atoms with Gasteiger partial charge in [0.2, 0.25) is 5.91 Å². The topological polar surface area (TPSA) is 111 Å². The number of carbonyl (C=O) groups excluding carboxylic acids is 3. The first kappa shape index (κ1) is 27.2. The molecule has 10 nitrogen and oxygen atoms in total. The zero-order valence-corrected chi connectivity index (χ0v) is 23.1. The summed E-state index contributed by atoms with van der Waals surface area (Å²) in [7, 11) is 0. The summed E-state index contributed by atoms with van der Waals surface area (Å²) < 4.78 is 5.08. The van der Waals surface area contributed by atoms with Gasteiger partial charge in [0.05, 0.1) is 17.6 Å². The van der Waals surface area contributed by atoms with Crippen molar-refractivity contribution in [3.05, 3.63) is 71.1 Å². The summed E-state index contributed by atoms with van der Waals surface area (Å²) in [5, 5.41) is 9.66. The van der Waals surface area contributed by atoms with Crippen molar-refractivity contribution < 1.29 is 18.9 Å². The molecule has 2 saturated heterocycles. The lowest BCUT2D eigenvalue weighted by Gasteiger charge is -2.38. The Hall–Kier alpha value is -4.34. The molecule has 0 radical (unpaired) electrons. The van der Waals surface area contributed by atoms with Crippen molar-refractivity contribution in [3.63, 3.8) is 0 Å². The summed E-state index contributed by atoms with van der Waals surface area (Å²) in [5.74, 6) is 0.0492. The maximum Gasteiger partial charge on any atom is 0.260 e. The van der Waals surface area contributed by atoms with Gasteiger partial charge in [-0.25, -0.2) is 0 Å². The second kappa shape index (κ2) is 12.2. The number of amides is 3. The Balaban J connectivity index is 1.29. The van der Waals surface area contributed by atoms with E-state index in [0.717, 1.165) is 44.8 Å². The maximum atomic E-state index is 13.1. The predicted octanol–water partition coefficient (Wildman–Crippen LogP) is 3.61. The minimum Gasteiger partial charge on any atom is -0.368 e. The molecule has 0 spiro atoms. The van der Waals surface area contributed by atoms with Gasteiger partial charge in [-0.15, -0.1) is 0 Å². The van der Waals surface area contributed by atoms with Crippen LogP contribution in [0.4, 0.5) is 17.1 Å². The van der Waals surface area contributed by atoms with Gasteiger partial charge in [0.15, 0.2) is 0 Å². The molecule has 2 aliphatic heterocycles. The molecule has 10 heteroatoms. The summed E-state index contributed by atoms with van der Waals surface area (Å²) in [5.41, 5.74) is 4.70. The molecule has 2 aliphatic rings. The van der Waals surface area contributed by atoms with Gasteiger partial charge in [-0.1, -0.05) is 23.4 Å². The van der Waals surface area contributed by atoms with Gasteiger partial charge in [-0.05, 0) is 56.5 Å². The van der Waals surface area contributed by atoms with Gasteiger partial charge >= 0.3 is 0 Å². The highest BCUT2D eigenvalue weighted by Gasteiger charge is 2.24. The maximum absolute atomic E-state index is 13.1. The van der Waals surface area contributed by atoms with Gasteiger partial charge in [0, 0.05) is 63.5 Å². The Morgan fingerprint density at radius 2 is 1.70 bits per heavy atom. The van der Waals surface area contributed by atoms with Crippen LogP contribution in [0.25, 0.3) is 0 Å². The average Bonchev–Trinajstić information content (AvgIpc) is 3.58. The lowest BCUT2D eigenvalue weighted by Crippen LogP contribution is -2.47. The number of para-hydroxylation sites is 1. The second-order valence-corrected chi connectivity index (χ2v) is 10.3. The van der Waals surface area contributed by atoms with Crippen LogP contribution in [-0.2, 0) is 4.79 Å². The third kappa shape index (κ3) is 6.11. The van der Waals surface area contributed by atoms with Crippen LogP contribution in [0.3, 0.4) is 0 Å². The van der Waals surface area contributed by atoms with Gasteiger partial charge in [0.25, 0.3) is 11.8 Å². The third-order valence-corrected chi connectivity index (χ3v) is 7.64. The molecule has 2 N–H and O–H groups in total. The monoisotopic (exact) mass is 544 g/mol. The average molecular weight is 545 g/mol. The molecule has 0 bridgehead atoms. The number of nitrogens with zero attached hydrogens (tertiary/aromatic N) is 4. The van der Waals surface area contributed by atoms with Crippen LogP contribution < -0.4 is 20.4 Å². The zero-order chi connectivity index (χ0) is 28.1. The van der Waals surface area contributed by atoms with E-state index >= 15 is 0 Å². The highest BCUT2D eigenvalue weighted by molar-refractivity contribution is 6.07. The summed E-state index contributed by atoms with van der Waals surface area (Å²) >= 11 is 0. The zero-order valence-electron chi connectivity index (χ0n) is 23.1. The Labute approximate surface area is 234 Å². The second-order valence-electron chi connectivity index (χ2n) is 10.3. The molecule has 2 aromatic carbocycles. The molecule has 0 saturated carbocycles. The number of piperazine rings is 1. The molecular formula is C30H36N6O4. The molecule has 210 valence electrons. The molecular weight excluding hydrogens is 508 g/mol. The summed E-state index contributed by atoms with van der Waals surface area (Å²) in [6.07, 6.45) is 3.61. The highest BCUT2D eigenvalue weighted by Crippen LogP contribution is 2.30. The van der Waals surface area contributed by atoms with Crippen LogP contribution >= 0.6 is 0 Å². The Bertz CT molecular complexity index is 1380. The molecule has 3 heterocycles. The van der Waals surface area contributed by atoms with Crippen LogP contribution in [0.15, 0.2) is 53.2 Å². The van der Waals surface area contributed by atoms with Gasteiger partial charge < -0.3 is 29.9 Å². The number of anilines is 3. The molecule has 40 heavy (non-hydrogen) atoms. The van der Waals surface area contributed by atoms with Gasteiger partial charge in [-0.2, -0.15) is 0 Å². The smallest absolute Gasteiger partial charge is 0.260 e. The Morgan fingerprint density at radius 1 is 0.950 bits per heavy atom. The number of rotatable bonds is 9. The molecule has 2 fully saturated rings. The number of likely N-dealkylation sites (tertiary alicyclic amines) is 1. The van der Waals surface area contributed by atoms with Crippen molar-refractivity contribution in [2.75, 3.05) is 60.9 Å². The normalized spacial score (nSPS) is 15.4. The van der Waals surface area contributed by atoms with E-state index in [1.54, 1.807) is 19.1 Å². The predicted molar refractivity (Wildman–Crippen MR) is 154 cm³/mol. The Kier molecular flexibility index (Phi) is 8.33. The molecule has 3 amide bonds. The van der Waals surface area contributed by atoms with Crippen molar-refractivity contribution in [2.24, 2.45) is 0 Å². The largest absolute Gasteiger partial charge is 0.368 e. The van der Waals surface area contributed by atoms with Crippen LogP contribution in [0.1, 0.15) is 51.3 Å². The molecule has 5 rings (SSSR count). The fourth-order valence-corrected chi connectivity index (χ4v) is 5.38. The van der Waals surface area contributed by atoms with E-state index in [1.807, 2.05) is 17.0 Å². The van der Waals surface area contributed by atoms with E-state index in [9.17, 15) is 14.4 Å². The minimum atomic E-state index is -0.341. The van der Waals surface area contributed by atoms with Crippen LogP contribution in [-0.4, -0.2) is 73.6 Å². The van der Waals surface area contributed by atoms with Crippen molar-refractivity contribution in [1.82, 2.24) is 15.4 Å². The van der Waals surface area contributed by atoms with Gasteiger partial charge in [0.1, 0.15) is 11.3 Å². The number of aromatic nitrogens is 1. The standard InChI is InChI=1S/C30H36N6O4/c1-21-7-3-4-8-26(21)34-15-17-35(18-16-34)27-11-10-23(19-25(27)33-30(39)24-20-32-40-22(24)2)29(38)31-12-6-14-36-13-5-9-28(36)37/h3-4,7-8,10-11,19-20H,5-6,9,12-18H2,1-2H3,(H,31,38)(H,33,39). The van der Waals surface area contributed by atoms with Crippen molar-refractivity contribution in [2.45, 2.75) is 33.1 Å². The summed E-state index contributed by atoms with van der Waals surface area (Å²) in [4.78, 5) is 44.3. The first-order chi connectivity index (χ1) is 19.4. The van der Waals surface area contributed by atoms with E-state index < -0.39 is 0 Å². The van der Waals surface area contributed by atoms with Crippen LogP contribution in [0.2, 0.25) is 0 Å². The van der Waals surface area contributed by atoms with E-state index in [2.05, 4.69) is 50.7 Å². The number of carbonyl (C=O) groups is 3.